The molecule has 3 aromatic rings. The number of hydrogen-bond donors (Lipinski definition) is 1. The number of nitrogens with one attached hydrogen (secondary N) is 1. The normalized spacial score (nSPS) is 11.2. The molecule has 0 bridgehead atoms. The average Bonchev–Trinajstić information content (AvgIpc) is 3.06. The van der Waals surface area contributed by atoms with Crippen LogP contribution in [0, 0.1) is 0 Å². The first-order chi connectivity index (χ1) is 12.6. The number of hydrazone groups is 1. The highest BCUT2D eigenvalue weighted by atomic mass is 16.5. The molecule has 0 aliphatic heterocycles. The molecule has 26 heavy (non-hydrogen) atoms. The lowest BCUT2D eigenvalue weighted by molar-refractivity contribution is 0.0929. The van der Waals surface area contributed by atoms with Gasteiger partial charge in [-0.3, -0.25) is 4.79 Å². The van der Waals surface area contributed by atoms with Gasteiger partial charge in [0.25, 0.3) is 0 Å². The van der Waals surface area contributed by atoms with Gasteiger partial charge in [0.05, 0.1) is 19.4 Å². The van der Waals surface area contributed by atoms with Crippen LogP contribution in [0.15, 0.2) is 58.0 Å². The number of amides is 1. The lowest BCUT2D eigenvalue weighted by atomic mass is 10.2. The van der Waals surface area contributed by atoms with Gasteiger partial charge in [0.1, 0.15) is 5.58 Å². The molecule has 0 saturated carbocycles. The van der Waals surface area contributed by atoms with Gasteiger partial charge in [-0.05, 0) is 38.1 Å². The lowest BCUT2D eigenvalue weighted by Crippen LogP contribution is -2.17. The zero-order chi connectivity index (χ0) is 18.5. The Hall–Kier alpha value is -3.28. The van der Waals surface area contributed by atoms with Crippen LogP contribution in [0.4, 0.5) is 0 Å². The summed E-state index contributed by atoms with van der Waals surface area (Å²) in [5.41, 5.74) is 3.82. The number of furan rings is 1. The molecule has 0 fully saturated rings. The maximum atomic E-state index is 12.2. The molecule has 6 heteroatoms. The van der Waals surface area contributed by atoms with Crippen molar-refractivity contribution in [2.24, 2.45) is 5.10 Å². The van der Waals surface area contributed by atoms with Gasteiger partial charge in [0.15, 0.2) is 17.3 Å². The highest BCUT2D eigenvalue weighted by Crippen LogP contribution is 2.30. The molecule has 1 heterocycles. The number of ether oxygens (including phenoxy) is 2. The topological polar surface area (TPSA) is 73.1 Å². The van der Waals surface area contributed by atoms with Crippen LogP contribution < -0.4 is 14.9 Å². The molecular formula is C20H20N2O4. The van der Waals surface area contributed by atoms with Crippen molar-refractivity contribution in [3.05, 3.63) is 59.9 Å². The zero-order valence-electron chi connectivity index (χ0n) is 14.9. The van der Waals surface area contributed by atoms with E-state index in [2.05, 4.69) is 10.5 Å². The average molecular weight is 352 g/mol. The highest BCUT2D eigenvalue weighted by Gasteiger charge is 2.13. The third-order valence-electron chi connectivity index (χ3n) is 3.60. The van der Waals surface area contributed by atoms with Crippen molar-refractivity contribution in [1.29, 1.82) is 0 Å². The summed E-state index contributed by atoms with van der Waals surface area (Å²) in [6.07, 6.45) is 1.49. The van der Waals surface area contributed by atoms with Crippen LogP contribution in [0.3, 0.4) is 0 Å². The van der Waals surface area contributed by atoms with E-state index in [4.69, 9.17) is 13.9 Å². The minimum Gasteiger partial charge on any atom is -0.493 e. The van der Waals surface area contributed by atoms with Crippen LogP contribution in [-0.2, 0) is 0 Å². The predicted molar refractivity (Wildman–Crippen MR) is 100 cm³/mol. The maximum absolute atomic E-state index is 12.2. The van der Waals surface area contributed by atoms with Crippen molar-refractivity contribution in [2.75, 3.05) is 7.11 Å². The van der Waals surface area contributed by atoms with Gasteiger partial charge >= 0.3 is 5.91 Å². The number of para-hydroxylation sites is 2. The van der Waals surface area contributed by atoms with Gasteiger partial charge in [-0.25, -0.2) is 5.43 Å². The first-order valence-corrected chi connectivity index (χ1v) is 8.24. The van der Waals surface area contributed by atoms with Crippen molar-refractivity contribution in [2.45, 2.75) is 20.0 Å². The fraction of sp³-hybridized carbons (Fsp3) is 0.200. The second-order valence-electron chi connectivity index (χ2n) is 5.89. The largest absolute Gasteiger partial charge is 0.493 e. The van der Waals surface area contributed by atoms with E-state index in [1.54, 1.807) is 19.2 Å². The Morgan fingerprint density at radius 2 is 2.00 bits per heavy atom. The van der Waals surface area contributed by atoms with Crippen LogP contribution in [0.25, 0.3) is 11.0 Å². The maximum Gasteiger partial charge on any atom is 0.307 e. The molecule has 6 nitrogen and oxygen atoms in total. The first kappa shape index (κ1) is 17.5. The summed E-state index contributed by atoms with van der Waals surface area (Å²) in [4.78, 5) is 12.2. The fourth-order valence-corrected chi connectivity index (χ4v) is 2.47. The molecule has 0 spiro atoms. The van der Waals surface area contributed by atoms with Crippen molar-refractivity contribution >= 4 is 23.1 Å². The van der Waals surface area contributed by atoms with Crippen LogP contribution in [0.1, 0.15) is 30.0 Å². The number of carbonyl (C=O) groups excluding carboxylic acids is 1. The Morgan fingerprint density at radius 1 is 1.19 bits per heavy atom. The number of fused-ring (bicyclic) bond motifs is 1. The summed E-state index contributed by atoms with van der Waals surface area (Å²) in [5.74, 6) is 0.956. The molecule has 0 saturated heterocycles. The number of rotatable bonds is 6. The number of nitrogens with zero attached hydrogens (tertiary/aromatic N) is 1. The first-order valence-electron chi connectivity index (χ1n) is 8.24. The van der Waals surface area contributed by atoms with E-state index in [9.17, 15) is 4.79 Å². The summed E-state index contributed by atoms with van der Waals surface area (Å²) in [7, 11) is 1.58. The predicted octanol–water partition coefficient (Wildman–Crippen LogP) is 3.99. The van der Waals surface area contributed by atoms with Gasteiger partial charge in [-0.1, -0.05) is 24.3 Å². The van der Waals surface area contributed by atoms with Gasteiger partial charge in [-0.15, -0.1) is 0 Å². The van der Waals surface area contributed by atoms with E-state index < -0.39 is 5.91 Å². The molecule has 1 amide bonds. The summed E-state index contributed by atoms with van der Waals surface area (Å²) in [5, 5.41) is 4.87. The summed E-state index contributed by atoms with van der Waals surface area (Å²) < 4.78 is 16.6. The molecule has 0 aliphatic rings. The third-order valence-corrected chi connectivity index (χ3v) is 3.60. The highest BCUT2D eigenvalue weighted by molar-refractivity contribution is 5.96. The minimum absolute atomic E-state index is 0.0245. The minimum atomic E-state index is -0.424. The standard InChI is InChI=1S/C20H20N2O4/c1-13(2)25-19-15(8-6-10-17(19)24-3)12-21-22-20(23)18-11-14-7-4-5-9-16(14)26-18/h4-13H,1-3H3,(H,22,23)/b21-12+. The monoisotopic (exact) mass is 352 g/mol. The van der Waals surface area contributed by atoms with Gasteiger partial charge in [-0.2, -0.15) is 5.10 Å². The van der Waals surface area contributed by atoms with Gasteiger partial charge in [0.2, 0.25) is 0 Å². The molecule has 0 atom stereocenters. The van der Waals surface area contributed by atoms with Crippen molar-refractivity contribution in [3.63, 3.8) is 0 Å². The van der Waals surface area contributed by atoms with E-state index in [1.807, 2.05) is 50.2 Å². The van der Waals surface area contributed by atoms with Crippen LogP contribution in [0.2, 0.25) is 0 Å². The van der Waals surface area contributed by atoms with Crippen LogP contribution in [0.5, 0.6) is 11.5 Å². The summed E-state index contributed by atoms with van der Waals surface area (Å²) in [6, 6.07) is 14.6. The number of benzene rings is 2. The number of hydrogen-bond acceptors (Lipinski definition) is 5. The Kier molecular flexibility index (Phi) is 5.22. The van der Waals surface area contributed by atoms with Crippen LogP contribution >= 0.6 is 0 Å². The van der Waals surface area contributed by atoms with E-state index in [0.29, 0.717) is 22.6 Å². The second-order valence-corrected chi connectivity index (χ2v) is 5.89. The third kappa shape index (κ3) is 3.85. The zero-order valence-corrected chi connectivity index (χ0v) is 14.9. The Labute approximate surface area is 151 Å². The fourth-order valence-electron chi connectivity index (χ4n) is 2.47. The number of methoxy groups -OCH3 is 1. The van der Waals surface area contributed by atoms with Crippen LogP contribution in [-0.4, -0.2) is 25.3 Å². The Bertz CT molecular complexity index is 911. The van der Waals surface area contributed by atoms with E-state index >= 15 is 0 Å². The summed E-state index contributed by atoms with van der Waals surface area (Å²) >= 11 is 0. The molecule has 2 aromatic carbocycles. The Balaban J connectivity index is 1.76. The molecule has 1 aromatic heterocycles. The van der Waals surface area contributed by atoms with Gasteiger partial charge < -0.3 is 13.9 Å². The van der Waals surface area contributed by atoms with E-state index in [0.717, 1.165) is 5.39 Å². The molecule has 0 radical (unpaired) electrons. The SMILES string of the molecule is COc1cccc(/C=N/NC(=O)c2cc3ccccc3o2)c1OC(C)C. The second kappa shape index (κ2) is 7.74. The van der Waals surface area contributed by atoms with E-state index in [1.165, 1.54) is 6.21 Å². The molecule has 0 unspecified atom stereocenters. The lowest BCUT2D eigenvalue weighted by Gasteiger charge is -2.15. The summed E-state index contributed by atoms with van der Waals surface area (Å²) in [6.45, 7) is 3.85. The molecule has 3 rings (SSSR count). The van der Waals surface area contributed by atoms with Crippen molar-refractivity contribution < 1.29 is 18.7 Å². The Morgan fingerprint density at radius 3 is 2.73 bits per heavy atom. The quantitative estimate of drug-likeness (QED) is 0.538. The number of carbonyl (C=O) groups is 1. The molecule has 0 aliphatic carbocycles. The van der Waals surface area contributed by atoms with Crippen molar-refractivity contribution in [1.82, 2.24) is 5.43 Å². The molecular weight excluding hydrogens is 332 g/mol. The smallest absolute Gasteiger partial charge is 0.307 e. The molecule has 1 N–H and O–H groups in total. The van der Waals surface area contributed by atoms with Gasteiger partial charge in [0, 0.05) is 10.9 Å². The van der Waals surface area contributed by atoms with E-state index in [-0.39, 0.29) is 11.9 Å². The molecule has 134 valence electrons. The van der Waals surface area contributed by atoms with Crippen molar-refractivity contribution in [3.8, 4) is 11.5 Å².